The van der Waals surface area contributed by atoms with E-state index in [9.17, 15) is 22.4 Å². The molecule has 0 unspecified atom stereocenters. The Morgan fingerprint density at radius 3 is 2.48 bits per heavy atom. The molecule has 2 heterocycles. The fourth-order valence-corrected chi connectivity index (χ4v) is 4.56. The molecule has 1 aromatic rings. The van der Waals surface area contributed by atoms with Crippen molar-refractivity contribution < 1.29 is 37.0 Å². The van der Waals surface area contributed by atoms with Crippen molar-refractivity contribution in [3.63, 3.8) is 0 Å². The summed E-state index contributed by atoms with van der Waals surface area (Å²) < 4.78 is 50.5. The highest BCUT2D eigenvalue weighted by atomic mass is 32.2. The molecule has 0 spiro atoms. The number of aliphatic carboxylic acids is 1. The Kier molecular flexibility index (Phi) is 9.17. The van der Waals surface area contributed by atoms with E-state index in [0.29, 0.717) is 19.2 Å². The second-order valence-corrected chi connectivity index (χ2v) is 10.6. The topological polar surface area (TPSA) is 135 Å². The Labute approximate surface area is 192 Å². The smallest absolute Gasteiger partial charge is 0.407 e. The van der Waals surface area contributed by atoms with Crippen molar-refractivity contribution in [2.45, 2.75) is 50.5 Å². The van der Waals surface area contributed by atoms with Gasteiger partial charge in [0.25, 0.3) is 0 Å². The molecule has 184 valence electrons. The summed E-state index contributed by atoms with van der Waals surface area (Å²) in [6.45, 7) is 5.27. The van der Waals surface area contributed by atoms with Crippen molar-refractivity contribution in [3.8, 4) is 5.88 Å². The number of aromatic nitrogens is 1. The molecular weight excluding hydrogens is 457 g/mol. The van der Waals surface area contributed by atoms with Gasteiger partial charge in [0.15, 0.2) is 0 Å². The quantitative estimate of drug-likeness (QED) is 0.543. The first-order valence-corrected chi connectivity index (χ1v) is 11.9. The number of hydrogen-bond acceptors (Lipinski definition) is 7. The van der Waals surface area contributed by atoms with Gasteiger partial charge >= 0.3 is 12.1 Å². The first kappa shape index (κ1) is 26.5. The number of nitrogens with zero attached hydrogens (tertiary/aromatic N) is 2. The van der Waals surface area contributed by atoms with E-state index in [1.807, 2.05) is 0 Å². The first-order chi connectivity index (χ1) is 15.4. The highest BCUT2D eigenvalue weighted by molar-refractivity contribution is 7.89. The molecule has 33 heavy (non-hydrogen) atoms. The molecule has 0 saturated carbocycles. The van der Waals surface area contributed by atoms with Gasteiger partial charge in [0, 0.05) is 37.7 Å². The molecule has 0 aromatic carbocycles. The Bertz CT molecular complexity index is 951. The molecule has 0 atom stereocenters. The van der Waals surface area contributed by atoms with E-state index in [0.717, 1.165) is 6.20 Å². The van der Waals surface area contributed by atoms with Crippen molar-refractivity contribution in [2.75, 3.05) is 26.2 Å². The molecule has 0 radical (unpaired) electrons. The summed E-state index contributed by atoms with van der Waals surface area (Å²) >= 11 is 0. The maximum absolute atomic E-state index is 13.1. The van der Waals surface area contributed by atoms with E-state index in [1.54, 1.807) is 20.8 Å². The Morgan fingerprint density at radius 1 is 1.30 bits per heavy atom. The van der Waals surface area contributed by atoms with Crippen molar-refractivity contribution in [3.05, 3.63) is 30.2 Å². The zero-order valence-electron chi connectivity index (χ0n) is 18.9. The fourth-order valence-electron chi connectivity index (χ4n) is 3.14. The van der Waals surface area contributed by atoms with Crippen LogP contribution >= 0.6 is 0 Å². The number of halogens is 1. The minimum Gasteiger partial charge on any atom is -0.481 e. The number of rotatable bonds is 9. The van der Waals surface area contributed by atoms with Crippen LogP contribution in [0.5, 0.6) is 5.88 Å². The minimum absolute atomic E-state index is 0.0145. The zero-order chi connectivity index (χ0) is 24.6. The number of pyridine rings is 1. The molecule has 1 fully saturated rings. The van der Waals surface area contributed by atoms with Gasteiger partial charge in [0.1, 0.15) is 17.1 Å². The van der Waals surface area contributed by atoms with Gasteiger partial charge in [-0.2, -0.15) is 4.31 Å². The number of carbonyl (C=O) groups excluding carboxylic acids is 1. The summed E-state index contributed by atoms with van der Waals surface area (Å²) in [7, 11) is -3.76. The van der Waals surface area contributed by atoms with Gasteiger partial charge in [-0.15, -0.1) is 0 Å². The number of carboxylic acids is 1. The molecule has 1 saturated heterocycles. The molecule has 10 nitrogen and oxygen atoms in total. The van der Waals surface area contributed by atoms with Gasteiger partial charge in [0.05, 0.1) is 12.5 Å². The van der Waals surface area contributed by atoms with Gasteiger partial charge in [-0.3, -0.25) is 4.79 Å². The van der Waals surface area contributed by atoms with Gasteiger partial charge < -0.3 is 19.9 Å². The molecule has 2 N–H and O–H groups in total. The van der Waals surface area contributed by atoms with Crippen LogP contribution in [0.25, 0.3) is 0 Å². The standard InChI is InChI=1S/C21H30FN3O7S/c1-21(2,3)32-20(28)24-12-16(11-22)14-31-18-5-4-17(13-23-18)33(29,30)25-8-6-15(7-9-25)10-19(26)27/h4-5,11,13,15H,6-10,12,14H2,1-3H3,(H,24,28)(H,26,27). The third kappa shape index (κ3) is 8.61. The van der Waals surface area contributed by atoms with E-state index in [-0.39, 0.29) is 54.9 Å². The Balaban J connectivity index is 1.87. The number of carboxylic acid groups (broad SMARTS) is 1. The number of ether oxygens (including phenoxy) is 2. The maximum Gasteiger partial charge on any atom is 0.407 e. The van der Waals surface area contributed by atoms with Crippen LogP contribution in [-0.4, -0.2) is 66.7 Å². The highest BCUT2D eigenvalue weighted by Crippen LogP contribution is 2.26. The Morgan fingerprint density at radius 2 is 1.97 bits per heavy atom. The van der Waals surface area contributed by atoms with Crippen LogP contribution in [0.3, 0.4) is 0 Å². The van der Waals surface area contributed by atoms with Crippen LogP contribution < -0.4 is 10.1 Å². The third-order valence-corrected chi connectivity index (χ3v) is 6.68. The zero-order valence-corrected chi connectivity index (χ0v) is 19.7. The van der Waals surface area contributed by atoms with E-state index in [2.05, 4.69) is 10.3 Å². The number of nitrogens with one attached hydrogen (secondary N) is 1. The van der Waals surface area contributed by atoms with E-state index in [4.69, 9.17) is 14.6 Å². The number of amides is 1. The van der Waals surface area contributed by atoms with Crippen molar-refractivity contribution >= 4 is 22.1 Å². The summed E-state index contributed by atoms with van der Waals surface area (Å²) in [5.41, 5.74) is -0.552. The maximum atomic E-state index is 13.1. The van der Waals surface area contributed by atoms with Gasteiger partial charge in [-0.25, -0.2) is 22.6 Å². The number of alkyl carbamates (subject to hydrolysis) is 1. The lowest BCUT2D eigenvalue weighted by atomic mass is 9.95. The molecule has 1 aliphatic rings. The lowest BCUT2D eigenvalue weighted by Crippen LogP contribution is -2.38. The SMILES string of the molecule is CC(C)(C)OC(=O)NCC(=CF)COc1ccc(S(=O)(=O)N2CCC(CC(=O)O)CC2)cn1. The average molecular weight is 488 g/mol. The lowest BCUT2D eigenvalue weighted by Gasteiger charge is -2.30. The summed E-state index contributed by atoms with van der Waals surface area (Å²) in [5.74, 6) is -0.835. The summed E-state index contributed by atoms with van der Waals surface area (Å²) in [6.07, 6.45) is 1.77. The molecule has 1 aromatic heterocycles. The molecular formula is C21H30FN3O7S. The number of sulfonamides is 1. The average Bonchev–Trinajstić information content (AvgIpc) is 2.73. The monoisotopic (exact) mass is 487 g/mol. The second-order valence-electron chi connectivity index (χ2n) is 8.69. The van der Waals surface area contributed by atoms with Crippen LogP contribution in [0.4, 0.5) is 9.18 Å². The lowest BCUT2D eigenvalue weighted by molar-refractivity contribution is -0.138. The molecule has 2 rings (SSSR count). The molecule has 0 aliphatic carbocycles. The van der Waals surface area contributed by atoms with Crippen LogP contribution in [0.1, 0.15) is 40.0 Å². The predicted molar refractivity (Wildman–Crippen MR) is 117 cm³/mol. The molecule has 1 amide bonds. The van der Waals surface area contributed by atoms with Crippen molar-refractivity contribution in [1.82, 2.24) is 14.6 Å². The van der Waals surface area contributed by atoms with Crippen LogP contribution in [0.2, 0.25) is 0 Å². The second kappa shape index (κ2) is 11.4. The van der Waals surface area contributed by atoms with E-state index in [1.165, 1.54) is 16.4 Å². The largest absolute Gasteiger partial charge is 0.481 e. The van der Waals surface area contributed by atoms with Gasteiger partial charge in [-0.1, -0.05) is 0 Å². The van der Waals surface area contributed by atoms with Crippen LogP contribution in [0.15, 0.2) is 35.1 Å². The van der Waals surface area contributed by atoms with Crippen LogP contribution in [-0.2, 0) is 19.6 Å². The normalized spacial score (nSPS) is 16.3. The summed E-state index contributed by atoms with van der Waals surface area (Å²) in [5, 5.41) is 11.3. The predicted octanol–water partition coefficient (Wildman–Crippen LogP) is 2.71. The fraction of sp³-hybridized carbons (Fsp3) is 0.571. The molecule has 0 bridgehead atoms. The van der Waals surface area contributed by atoms with Crippen molar-refractivity contribution in [2.24, 2.45) is 5.92 Å². The number of hydrogen-bond donors (Lipinski definition) is 2. The third-order valence-electron chi connectivity index (χ3n) is 4.80. The van der Waals surface area contributed by atoms with Crippen molar-refractivity contribution in [1.29, 1.82) is 0 Å². The van der Waals surface area contributed by atoms with E-state index >= 15 is 0 Å². The summed E-state index contributed by atoms with van der Waals surface area (Å²) in [6, 6.07) is 2.71. The van der Waals surface area contributed by atoms with Gasteiger partial charge in [-0.05, 0) is 45.6 Å². The molecule has 1 aliphatic heterocycles. The molecule has 12 heteroatoms. The van der Waals surface area contributed by atoms with Gasteiger partial charge in [0.2, 0.25) is 15.9 Å². The first-order valence-electron chi connectivity index (χ1n) is 10.5. The highest BCUT2D eigenvalue weighted by Gasteiger charge is 2.30. The van der Waals surface area contributed by atoms with Crippen LogP contribution in [0, 0.1) is 5.92 Å². The Hall–Kier alpha value is -2.73. The number of carbonyl (C=O) groups is 2. The van der Waals surface area contributed by atoms with E-state index < -0.39 is 27.7 Å². The summed E-state index contributed by atoms with van der Waals surface area (Å²) in [4.78, 5) is 26.4. The number of piperidine rings is 1. The minimum atomic E-state index is -3.76.